The molecule has 136 valence electrons. The molecule has 0 amide bonds. The van der Waals surface area contributed by atoms with Gasteiger partial charge in [0.25, 0.3) is 0 Å². The summed E-state index contributed by atoms with van der Waals surface area (Å²) in [6.45, 7) is 20.5. The van der Waals surface area contributed by atoms with Crippen molar-refractivity contribution < 1.29 is 0 Å². The van der Waals surface area contributed by atoms with Crippen molar-refractivity contribution in [2.75, 3.05) is 0 Å². The van der Waals surface area contributed by atoms with E-state index in [1.807, 2.05) is 33.8 Å². The first-order valence-corrected chi connectivity index (χ1v) is 9.34. The average molecular weight is 330 g/mol. The van der Waals surface area contributed by atoms with E-state index in [1.54, 1.807) is 0 Å². The smallest absolute Gasteiger partial charge is 0.0477 e. The van der Waals surface area contributed by atoms with Gasteiger partial charge in [-0.15, -0.1) is 0 Å². The topological polar surface area (TPSA) is 4.93 Å². The number of hydrogen-bond donors (Lipinski definition) is 0. The summed E-state index contributed by atoms with van der Waals surface area (Å²) >= 11 is 0. The molecular weight excluding hydrogens is 290 g/mol. The summed E-state index contributed by atoms with van der Waals surface area (Å²) in [6, 6.07) is 0. The summed E-state index contributed by atoms with van der Waals surface area (Å²) in [5.74, 6) is 0.404. The van der Waals surface area contributed by atoms with E-state index >= 15 is 0 Å². The number of rotatable bonds is 5. The van der Waals surface area contributed by atoms with Gasteiger partial charge >= 0.3 is 0 Å². The highest BCUT2D eigenvalue weighted by Gasteiger charge is 2.04. The molecule has 0 aliphatic heterocycles. The molecule has 0 fully saturated rings. The molecule has 24 heavy (non-hydrogen) atoms. The second-order valence-electron chi connectivity index (χ2n) is 5.18. The Hall–Kier alpha value is -1.76. The molecule has 1 heterocycles. The van der Waals surface area contributed by atoms with Crippen molar-refractivity contribution in [3.63, 3.8) is 0 Å². The van der Waals surface area contributed by atoms with Crippen LogP contribution in [0.15, 0.2) is 42.7 Å². The number of hydrogen-bond acceptors (Lipinski definition) is 0. The summed E-state index contributed by atoms with van der Waals surface area (Å²) in [7, 11) is 2.08. The first-order chi connectivity index (χ1) is 11.5. The first-order valence-electron chi connectivity index (χ1n) is 9.34. The van der Waals surface area contributed by atoms with E-state index in [4.69, 9.17) is 0 Å². The van der Waals surface area contributed by atoms with Crippen LogP contribution in [0.5, 0.6) is 0 Å². The van der Waals surface area contributed by atoms with Gasteiger partial charge in [-0.05, 0) is 48.6 Å². The minimum Gasteiger partial charge on any atom is -0.350 e. The highest BCUT2D eigenvalue weighted by molar-refractivity contribution is 5.44. The van der Waals surface area contributed by atoms with Gasteiger partial charge in [0.15, 0.2) is 0 Å². The Kier molecular flexibility index (Phi) is 15.1. The molecule has 0 spiro atoms. The molecule has 0 radical (unpaired) electrons. The molecule has 0 saturated heterocycles. The molecule has 0 N–H and O–H groups in total. The van der Waals surface area contributed by atoms with Crippen LogP contribution in [0.25, 0.3) is 12.2 Å². The Bertz CT molecular complexity index is 624. The Morgan fingerprint density at radius 3 is 2.29 bits per heavy atom. The lowest BCUT2D eigenvalue weighted by Gasteiger charge is -2.07. The molecular formula is C23H39N. The molecule has 0 aliphatic carbocycles. The lowest BCUT2D eigenvalue weighted by Crippen LogP contribution is -2.29. The van der Waals surface area contributed by atoms with Crippen molar-refractivity contribution in [3.05, 3.63) is 58.8 Å². The van der Waals surface area contributed by atoms with E-state index in [2.05, 4.69) is 82.5 Å². The monoisotopic (exact) mass is 329 g/mol. The summed E-state index contributed by atoms with van der Waals surface area (Å²) in [5, 5.41) is 2.53. The van der Waals surface area contributed by atoms with Gasteiger partial charge in [0, 0.05) is 18.6 Å². The SMILES string of the molecule is C=C/C=c1\c(=C/C(C)C(/C=C\CC)=C/C)c(C)cn1C.CC.CC. The van der Waals surface area contributed by atoms with Gasteiger partial charge in [0.05, 0.1) is 0 Å². The van der Waals surface area contributed by atoms with Crippen molar-refractivity contribution >= 4 is 12.2 Å². The van der Waals surface area contributed by atoms with E-state index in [0.29, 0.717) is 5.92 Å². The van der Waals surface area contributed by atoms with Crippen molar-refractivity contribution in [2.45, 2.75) is 61.8 Å². The molecule has 1 unspecified atom stereocenters. The molecule has 0 saturated carbocycles. The zero-order valence-electron chi connectivity index (χ0n) is 17.5. The van der Waals surface area contributed by atoms with Crippen LogP contribution in [0.1, 0.15) is 60.5 Å². The maximum Gasteiger partial charge on any atom is 0.0477 e. The molecule has 1 aromatic rings. The Morgan fingerprint density at radius 2 is 1.83 bits per heavy atom. The van der Waals surface area contributed by atoms with Gasteiger partial charge in [0.2, 0.25) is 0 Å². The average Bonchev–Trinajstić information content (AvgIpc) is 2.86. The molecule has 1 aromatic heterocycles. The van der Waals surface area contributed by atoms with Gasteiger partial charge in [-0.1, -0.05) is 78.5 Å². The van der Waals surface area contributed by atoms with Crippen molar-refractivity contribution in [1.29, 1.82) is 0 Å². The van der Waals surface area contributed by atoms with E-state index in [9.17, 15) is 0 Å². The van der Waals surface area contributed by atoms with Crippen LogP contribution < -0.4 is 10.6 Å². The predicted molar refractivity (Wildman–Crippen MR) is 114 cm³/mol. The zero-order valence-corrected chi connectivity index (χ0v) is 17.5. The fourth-order valence-electron chi connectivity index (χ4n) is 2.47. The maximum atomic E-state index is 3.81. The predicted octanol–water partition coefficient (Wildman–Crippen LogP) is 5.68. The van der Waals surface area contributed by atoms with Gasteiger partial charge in [-0.3, -0.25) is 0 Å². The van der Waals surface area contributed by atoms with E-state index < -0.39 is 0 Å². The number of aromatic nitrogens is 1. The Morgan fingerprint density at radius 1 is 1.25 bits per heavy atom. The van der Waals surface area contributed by atoms with Crippen LogP contribution in [-0.2, 0) is 7.05 Å². The molecule has 1 nitrogen and oxygen atoms in total. The minimum atomic E-state index is 0.404. The quantitative estimate of drug-likeness (QED) is 0.612. The number of allylic oxidation sites excluding steroid dienone is 5. The first kappa shape index (κ1) is 24.5. The van der Waals surface area contributed by atoms with E-state index in [1.165, 1.54) is 21.7 Å². The summed E-state index contributed by atoms with van der Waals surface area (Å²) in [5.41, 5.74) is 2.67. The number of aryl methyl sites for hydroxylation is 2. The molecule has 1 rings (SSSR count). The summed E-state index contributed by atoms with van der Waals surface area (Å²) in [4.78, 5) is 0. The van der Waals surface area contributed by atoms with Gasteiger partial charge in [-0.2, -0.15) is 0 Å². The van der Waals surface area contributed by atoms with Crippen LogP contribution in [0, 0.1) is 12.8 Å². The third kappa shape index (κ3) is 7.68. The fourth-order valence-corrected chi connectivity index (χ4v) is 2.47. The minimum absolute atomic E-state index is 0.404. The summed E-state index contributed by atoms with van der Waals surface area (Å²) < 4.78 is 2.16. The van der Waals surface area contributed by atoms with E-state index in [-0.39, 0.29) is 0 Å². The molecule has 0 bridgehead atoms. The Balaban J connectivity index is 0. The van der Waals surface area contributed by atoms with Crippen LogP contribution >= 0.6 is 0 Å². The second-order valence-corrected chi connectivity index (χ2v) is 5.18. The zero-order chi connectivity index (χ0) is 19.1. The van der Waals surface area contributed by atoms with Crippen LogP contribution in [0.3, 0.4) is 0 Å². The third-order valence-corrected chi connectivity index (χ3v) is 3.57. The lowest BCUT2D eigenvalue weighted by molar-refractivity contribution is 0.883. The van der Waals surface area contributed by atoms with Crippen molar-refractivity contribution in [1.82, 2.24) is 4.57 Å². The highest BCUT2D eigenvalue weighted by Crippen LogP contribution is 2.13. The maximum absolute atomic E-state index is 3.81. The van der Waals surface area contributed by atoms with Crippen LogP contribution in [0.4, 0.5) is 0 Å². The Labute approximate surface area is 150 Å². The molecule has 1 heteroatoms. The summed E-state index contributed by atoms with van der Waals surface area (Å²) in [6.07, 6.45) is 16.2. The highest BCUT2D eigenvalue weighted by atomic mass is 14.9. The fraction of sp³-hybridized carbons (Fsp3) is 0.478. The molecule has 1 atom stereocenters. The number of nitrogens with zero attached hydrogens (tertiary/aromatic N) is 1. The van der Waals surface area contributed by atoms with Crippen LogP contribution in [-0.4, -0.2) is 4.57 Å². The van der Waals surface area contributed by atoms with Crippen LogP contribution in [0.2, 0.25) is 0 Å². The second kappa shape index (κ2) is 14.8. The van der Waals surface area contributed by atoms with Gasteiger partial charge in [-0.25, -0.2) is 0 Å². The van der Waals surface area contributed by atoms with Crippen molar-refractivity contribution in [3.8, 4) is 0 Å². The van der Waals surface area contributed by atoms with Gasteiger partial charge < -0.3 is 4.57 Å². The van der Waals surface area contributed by atoms with E-state index in [0.717, 1.165) is 6.42 Å². The van der Waals surface area contributed by atoms with Gasteiger partial charge in [0.1, 0.15) is 0 Å². The normalized spacial score (nSPS) is 14.0. The van der Waals surface area contributed by atoms with Crippen molar-refractivity contribution in [2.24, 2.45) is 13.0 Å². The standard InChI is InChI=1S/C19H27N.2C2H6/c1-7-10-12-17(9-3)15(4)13-18-16(5)14-20(6)19(18)11-8-2;2*1-2/h8-15H,2,7H2,1,3-6H3;2*1-2H3/b12-10-,17-9+,18-13-,19-11+;;. The lowest BCUT2D eigenvalue weighted by atomic mass is 9.98. The largest absolute Gasteiger partial charge is 0.350 e. The third-order valence-electron chi connectivity index (χ3n) is 3.57. The molecule has 0 aliphatic rings. The molecule has 0 aromatic carbocycles.